The first kappa shape index (κ1) is 25.0. The highest BCUT2D eigenvalue weighted by Gasteiger charge is 2.34. The van der Waals surface area contributed by atoms with Crippen molar-refractivity contribution in [3.8, 4) is 11.5 Å². The third kappa shape index (κ3) is 4.79. The Balaban J connectivity index is 1.30. The first-order chi connectivity index (χ1) is 19.5. The van der Waals surface area contributed by atoms with E-state index in [1.54, 1.807) is 60.8 Å². The summed E-state index contributed by atoms with van der Waals surface area (Å²) >= 11 is 5.34. The van der Waals surface area contributed by atoms with Crippen LogP contribution in [0.15, 0.2) is 115 Å². The number of nitrogens with zero attached hydrogens (tertiary/aromatic N) is 1. The second kappa shape index (κ2) is 10.4. The number of H-pyrrole nitrogens is 1. The lowest BCUT2D eigenvalue weighted by molar-refractivity contribution is -0.122. The Morgan fingerprint density at radius 1 is 0.800 bits per heavy atom. The highest BCUT2D eigenvalue weighted by atomic mass is 32.1. The van der Waals surface area contributed by atoms with Gasteiger partial charge in [0.1, 0.15) is 17.1 Å². The Kier molecular flexibility index (Phi) is 6.51. The number of carbonyl (C=O) groups excluding carboxylic acids is 3. The van der Waals surface area contributed by atoms with Crippen LogP contribution >= 0.6 is 12.2 Å². The van der Waals surface area contributed by atoms with Crippen LogP contribution in [0, 0.1) is 0 Å². The van der Waals surface area contributed by atoms with Gasteiger partial charge in [0.2, 0.25) is 0 Å². The van der Waals surface area contributed by atoms with E-state index >= 15 is 0 Å². The fraction of sp³-hybridized carbons (Fsp3) is 0. The second-order valence-electron chi connectivity index (χ2n) is 9.07. The molecule has 5 aromatic rings. The number of amides is 2. The van der Waals surface area contributed by atoms with Crippen LogP contribution in [0.1, 0.15) is 21.5 Å². The van der Waals surface area contributed by atoms with Crippen molar-refractivity contribution in [2.24, 2.45) is 0 Å². The van der Waals surface area contributed by atoms with Gasteiger partial charge >= 0.3 is 0 Å². The van der Waals surface area contributed by atoms with Crippen molar-refractivity contribution < 1.29 is 19.1 Å². The number of anilines is 1. The van der Waals surface area contributed by atoms with E-state index in [2.05, 4.69) is 10.3 Å². The zero-order valence-electron chi connectivity index (χ0n) is 21.0. The number of aromatic amines is 1. The molecule has 0 saturated carbocycles. The highest BCUT2D eigenvalue weighted by Crippen LogP contribution is 2.29. The van der Waals surface area contributed by atoms with Crippen LogP contribution in [0.5, 0.6) is 11.5 Å². The summed E-state index contributed by atoms with van der Waals surface area (Å²) in [5.74, 6) is -0.00284. The summed E-state index contributed by atoms with van der Waals surface area (Å²) in [6.45, 7) is 0. The number of hydrogen-bond donors (Lipinski definition) is 2. The molecular weight excluding hydrogens is 522 g/mol. The van der Waals surface area contributed by atoms with Crippen LogP contribution in [0.3, 0.4) is 0 Å². The van der Waals surface area contributed by atoms with Gasteiger partial charge in [0.15, 0.2) is 10.9 Å². The van der Waals surface area contributed by atoms with Gasteiger partial charge in [-0.1, -0.05) is 48.5 Å². The predicted molar refractivity (Wildman–Crippen MR) is 157 cm³/mol. The minimum atomic E-state index is -0.596. The van der Waals surface area contributed by atoms with Crippen molar-refractivity contribution in [1.82, 2.24) is 10.3 Å². The topological polar surface area (TPSA) is 91.5 Å². The van der Waals surface area contributed by atoms with Gasteiger partial charge in [-0.25, -0.2) is 0 Å². The summed E-state index contributed by atoms with van der Waals surface area (Å²) in [5.41, 5.74) is 2.83. The summed E-state index contributed by atoms with van der Waals surface area (Å²) in [6, 6.07) is 30.5. The van der Waals surface area contributed by atoms with E-state index < -0.39 is 11.8 Å². The third-order valence-corrected chi connectivity index (χ3v) is 6.77. The van der Waals surface area contributed by atoms with E-state index in [1.807, 2.05) is 48.5 Å². The van der Waals surface area contributed by atoms with Crippen molar-refractivity contribution in [3.05, 3.63) is 132 Å². The van der Waals surface area contributed by atoms with E-state index in [1.165, 1.54) is 11.0 Å². The molecule has 40 heavy (non-hydrogen) atoms. The largest absolute Gasteiger partial charge is 0.457 e. The molecule has 194 valence electrons. The average Bonchev–Trinajstić information content (AvgIpc) is 3.38. The van der Waals surface area contributed by atoms with Crippen molar-refractivity contribution in [2.45, 2.75) is 0 Å². The normalized spacial score (nSPS) is 14.4. The van der Waals surface area contributed by atoms with E-state index in [0.717, 1.165) is 5.52 Å². The van der Waals surface area contributed by atoms with Crippen LogP contribution in [-0.2, 0) is 9.59 Å². The quantitative estimate of drug-likeness (QED) is 0.118. The lowest BCUT2D eigenvalue weighted by Gasteiger charge is -2.29. The lowest BCUT2D eigenvalue weighted by Crippen LogP contribution is -2.54. The Morgan fingerprint density at radius 3 is 2.20 bits per heavy atom. The van der Waals surface area contributed by atoms with E-state index in [9.17, 15) is 14.4 Å². The van der Waals surface area contributed by atoms with Gasteiger partial charge < -0.3 is 9.72 Å². The number of ketones is 1. The molecule has 0 radical (unpaired) electrons. The number of carbonyl (C=O) groups is 3. The van der Waals surface area contributed by atoms with E-state index in [4.69, 9.17) is 17.0 Å². The van der Waals surface area contributed by atoms with Crippen molar-refractivity contribution in [1.29, 1.82) is 0 Å². The number of thiocarbonyl (C=S) groups is 1. The smallest absolute Gasteiger partial charge is 0.270 e. The van der Waals surface area contributed by atoms with Crippen LogP contribution in [0.25, 0.3) is 17.0 Å². The molecule has 1 fully saturated rings. The molecule has 1 aliphatic rings. The van der Waals surface area contributed by atoms with Crippen LogP contribution < -0.4 is 15.0 Å². The lowest BCUT2D eigenvalue weighted by atomic mass is 10.00. The van der Waals surface area contributed by atoms with Gasteiger partial charge in [-0.05, 0) is 72.9 Å². The van der Waals surface area contributed by atoms with Gasteiger partial charge in [0.25, 0.3) is 11.8 Å². The third-order valence-electron chi connectivity index (χ3n) is 6.49. The molecule has 7 nitrogen and oxygen atoms in total. The predicted octanol–water partition coefficient (Wildman–Crippen LogP) is 6.02. The zero-order chi connectivity index (χ0) is 27.6. The summed E-state index contributed by atoms with van der Waals surface area (Å²) in [5, 5.41) is 3.30. The fourth-order valence-corrected chi connectivity index (χ4v) is 4.78. The number of benzene rings is 4. The van der Waals surface area contributed by atoms with Crippen molar-refractivity contribution in [3.63, 3.8) is 0 Å². The maximum Gasteiger partial charge on any atom is 0.270 e. The molecule has 0 aliphatic carbocycles. The molecule has 0 spiro atoms. The number of nitrogens with one attached hydrogen (secondary N) is 2. The Labute approximate surface area is 234 Å². The summed E-state index contributed by atoms with van der Waals surface area (Å²) in [6.07, 6.45) is 3.21. The minimum absolute atomic E-state index is 0.0152. The summed E-state index contributed by atoms with van der Waals surface area (Å²) < 4.78 is 5.83. The molecule has 0 atom stereocenters. The van der Waals surface area contributed by atoms with Crippen molar-refractivity contribution >= 4 is 57.6 Å². The molecular formula is C32H21N3O4S. The standard InChI is InChI=1S/C32H21N3O4S/c36-29(20-7-3-1-4-8-20)21-11-16-28-26(17-21)22(19-33-28)18-27-30(37)34-32(40)35(31(27)38)23-12-14-25(15-13-23)39-24-9-5-2-6-10-24/h1-19,33H,(H,34,37,40). The van der Waals surface area contributed by atoms with Gasteiger partial charge in [-0.3, -0.25) is 24.6 Å². The fourth-order valence-electron chi connectivity index (χ4n) is 4.49. The van der Waals surface area contributed by atoms with E-state index in [0.29, 0.717) is 39.3 Å². The molecule has 8 heteroatoms. The SMILES string of the molecule is O=C1NC(=S)N(c2ccc(Oc3ccccc3)cc2)C(=O)C1=Cc1c[nH]c2ccc(C(=O)c3ccccc3)cc12. The van der Waals surface area contributed by atoms with Crippen molar-refractivity contribution in [2.75, 3.05) is 4.90 Å². The Morgan fingerprint density at radius 2 is 1.48 bits per heavy atom. The summed E-state index contributed by atoms with van der Waals surface area (Å²) in [4.78, 5) is 43.8. The summed E-state index contributed by atoms with van der Waals surface area (Å²) in [7, 11) is 0. The molecule has 2 heterocycles. The van der Waals surface area contributed by atoms with Gasteiger partial charge in [-0.2, -0.15) is 0 Å². The molecule has 4 aromatic carbocycles. The number of para-hydroxylation sites is 1. The van der Waals surface area contributed by atoms with E-state index in [-0.39, 0.29) is 16.5 Å². The maximum atomic E-state index is 13.6. The van der Waals surface area contributed by atoms with Crippen LogP contribution in [0.2, 0.25) is 0 Å². The molecule has 1 aliphatic heterocycles. The monoisotopic (exact) mass is 543 g/mol. The first-order valence-electron chi connectivity index (χ1n) is 12.4. The van der Waals surface area contributed by atoms with Gasteiger partial charge in [0, 0.05) is 33.8 Å². The zero-order valence-corrected chi connectivity index (χ0v) is 21.8. The highest BCUT2D eigenvalue weighted by molar-refractivity contribution is 7.80. The molecule has 2 amide bonds. The first-order valence-corrected chi connectivity index (χ1v) is 12.8. The second-order valence-corrected chi connectivity index (χ2v) is 9.45. The number of rotatable bonds is 6. The number of ether oxygens (including phenoxy) is 1. The molecule has 1 aromatic heterocycles. The molecule has 6 rings (SSSR count). The number of fused-ring (bicyclic) bond motifs is 1. The van der Waals surface area contributed by atoms with Gasteiger partial charge in [-0.15, -0.1) is 0 Å². The van der Waals surface area contributed by atoms with Crippen LogP contribution in [-0.4, -0.2) is 27.7 Å². The molecule has 2 N–H and O–H groups in total. The Hall–Kier alpha value is -5.34. The average molecular weight is 544 g/mol. The Bertz CT molecular complexity index is 1810. The molecule has 1 saturated heterocycles. The van der Waals surface area contributed by atoms with Crippen LogP contribution in [0.4, 0.5) is 5.69 Å². The number of aromatic nitrogens is 1. The molecule has 0 bridgehead atoms. The van der Waals surface area contributed by atoms with Gasteiger partial charge in [0.05, 0.1) is 5.69 Å². The maximum absolute atomic E-state index is 13.6. The number of hydrogen-bond acceptors (Lipinski definition) is 5. The minimum Gasteiger partial charge on any atom is -0.457 e. The molecule has 0 unspecified atom stereocenters.